The Morgan fingerprint density at radius 3 is 2.74 bits per heavy atom. The van der Waals surface area contributed by atoms with Crippen molar-refractivity contribution in [3.63, 3.8) is 0 Å². The predicted molar refractivity (Wildman–Crippen MR) is 95.0 cm³/mol. The Kier molecular flexibility index (Phi) is 5.60. The summed E-state index contributed by atoms with van der Waals surface area (Å²) >= 11 is 0. The minimum atomic E-state index is 0.724. The number of hydrogen-bond acceptors (Lipinski definition) is 2. The number of rotatable bonds is 6. The third-order valence-electron chi connectivity index (χ3n) is 4.62. The highest BCUT2D eigenvalue weighted by Gasteiger charge is 2.16. The summed E-state index contributed by atoms with van der Waals surface area (Å²) in [5, 5.41) is 0. The van der Waals surface area contributed by atoms with Gasteiger partial charge in [-0.3, -0.25) is 4.98 Å². The second kappa shape index (κ2) is 8.07. The molecule has 120 valence electrons. The van der Waals surface area contributed by atoms with E-state index in [2.05, 4.69) is 48.3 Å². The molecule has 3 rings (SSSR count). The molecule has 0 spiro atoms. The molecule has 1 unspecified atom stereocenters. The largest absolute Gasteiger partial charge is 0.377 e. The topological polar surface area (TPSA) is 22.1 Å². The number of ether oxygens (including phenoxy) is 1. The van der Waals surface area contributed by atoms with Crippen LogP contribution >= 0.6 is 0 Å². The van der Waals surface area contributed by atoms with Gasteiger partial charge in [0.15, 0.2) is 0 Å². The van der Waals surface area contributed by atoms with Crippen LogP contribution in [0.25, 0.3) is 5.57 Å². The summed E-state index contributed by atoms with van der Waals surface area (Å²) < 4.78 is 5.82. The Bertz CT molecular complexity index is 648. The first-order valence-corrected chi connectivity index (χ1v) is 8.55. The van der Waals surface area contributed by atoms with Gasteiger partial charge in [0.2, 0.25) is 0 Å². The SMILES string of the molecule is Cc1cccnc1C1=CCC(CCOCc2ccccc2)CC1. The third-order valence-corrected chi connectivity index (χ3v) is 4.62. The van der Waals surface area contributed by atoms with Crippen LogP contribution in [0.2, 0.25) is 0 Å². The van der Waals surface area contributed by atoms with Gasteiger partial charge in [-0.1, -0.05) is 42.5 Å². The number of pyridine rings is 1. The van der Waals surface area contributed by atoms with Gasteiger partial charge in [0.25, 0.3) is 0 Å². The van der Waals surface area contributed by atoms with E-state index in [1.54, 1.807) is 0 Å². The predicted octanol–water partition coefficient (Wildman–Crippen LogP) is 5.18. The molecule has 0 saturated heterocycles. The van der Waals surface area contributed by atoms with Crippen LogP contribution in [0.3, 0.4) is 0 Å². The lowest BCUT2D eigenvalue weighted by Gasteiger charge is -2.22. The molecule has 2 aromatic rings. The van der Waals surface area contributed by atoms with Crippen LogP contribution < -0.4 is 0 Å². The van der Waals surface area contributed by atoms with Gasteiger partial charge in [-0.25, -0.2) is 0 Å². The molecule has 0 bridgehead atoms. The van der Waals surface area contributed by atoms with E-state index < -0.39 is 0 Å². The van der Waals surface area contributed by atoms with Gasteiger partial charge in [-0.2, -0.15) is 0 Å². The summed E-state index contributed by atoms with van der Waals surface area (Å²) in [5.74, 6) is 0.749. The van der Waals surface area contributed by atoms with E-state index in [-0.39, 0.29) is 0 Å². The van der Waals surface area contributed by atoms with Crippen LogP contribution in [0.5, 0.6) is 0 Å². The van der Waals surface area contributed by atoms with Crippen LogP contribution in [0.15, 0.2) is 54.7 Å². The summed E-state index contributed by atoms with van der Waals surface area (Å²) in [6.07, 6.45) is 8.98. The fraction of sp³-hybridized carbons (Fsp3) is 0.381. The summed E-state index contributed by atoms with van der Waals surface area (Å²) in [4.78, 5) is 4.54. The first kappa shape index (κ1) is 15.9. The second-order valence-electron chi connectivity index (χ2n) is 6.37. The van der Waals surface area contributed by atoms with E-state index in [9.17, 15) is 0 Å². The van der Waals surface area contributed by atoms with E-state index in [4.69, 9.17) is 4.74 Å². The molecule has 1 aliphatic carbocycles. The number of hydrogen-bond donors (Lipinski definition) is 0. The molecule has 1 atom stereocenters. The maximum Gasteiger partial charge on any atom is 0.0716 e. The normalized spacial score (nSPS) is 17.8. The zero-order valence-corrected chi connectivity index (χ0v) is 13.9. The highest BCUT2D eigenvalue weighted by molar-refractivity contribution is 5.65. The molecule has 0 aliphatic heterocycles. The number of allylic oxidation sites excluding steroid dienone is 2. The van der Waals surface area contributed by atoms with Gasteiger partial charge in [0, 0.05) is 12.8 Å². The first-order chi connectivity index (χ1) is 11.3. The molecule has 1 aromatic heterocycles. The number of nitrogens with zero attached hydrogens (tertiary/aromatic N) is 1. The van der Waals surface area contributed by atoms with Crippen molar-refractivity contribution < 1.29 is 4.74 Å². The number of aromatic nitrogens is 1. The number of benzene rings is 1. The van der Waals surface area contributed by atoms with E-state index in [1.165, 1.54) is 28.8 Å². The molecule has 1 aromatic carbocycles. The zero-order valence-electron chi connectivity index (χ0n) is 13.9. The monoisotopic (exact) mass is 307 g/mol. The molecule has 0 N–H and O–H groups in total. The standard InChI is InChI=1S/C21H25NO/c1-17-6-5-14-22-21(17)20-11-9-18(10-12-20)13-15-23-16-19-7-3-2-4-8-19/h2-8,11,14,18H,9-10,12-13,15-16H2,1H3. The van der Waals surface area contributed by atoms with Gasteiger partial charge >= 0.3 is 0 Å². The van der Waals surface area contributed by atoms with Crippen LogP contribution in [0, 0.1) is 12.8 Å². The van der Waals surface area contributed by atoms with E-state index in [0.29, 0.717) is 0 Å². The van der Waals surface area contributed by atoms with Crippen molar-refractivity contribution in [2.24, 2.45) is 5.92 Å². The minimum Gasteiger partial charge on any atom is -0.377 e. The summed E-state index contributed by atoms with van der Waals surface area (Å²) in [7, 11) is 0. The molecule has 0 fully saturated rings. The molecule has 2 heteroatoms. The fourth-order valence-electron chi connectivity index (χ4n) is 3.20. The van der Waals surface area contributed by atoms with Crippen molar-refractivity contribution >= 4 is 5.57 Å². The maximum atomic E-state index is 5.82. The van der Waals surface area contributed by atoms with Crippen molar-refractivity contribution in [2.45, 2.75) is 39.2 Å². The molecule has 0 amide bonds. The van der Waals surface area contributed by atoms with E-state index in [0.717, 1.165) is 38.4 Å². The Morgan fingerprint density at radius 1 is 1.13 bits per heavy atom. The van der Waals surface area contributed by atoms with Crippen LogP contribution in [-0.2, 0) is 11.3 Å². The summed E-state index contributed by atoms with van der Waals surface area (Å²) in [5.41, 5.74) is 5.14. The average Bonchev–Trinajstić information content (AvgIpc) is 2.61. The van der Waals surface area contributed by atoms with Crippen LogP contribution in [0.4, 0.5) is 0 Å². The lowest BCUT2D eigenvalue weighted by atomic mass is 9.85. The number of aryl methyl sites for hydroxylation is 1. The van der Waals surface area contributed by atoms with Gasteiger partial charge in [-0.15, -0.1) is 0 Å². The average molecular weight is 307 g/mol. The summed E-state index contributed by atoms with van der Waals surface area (Å²) in [6, 6.07) is 14.5. The Labute approximate surface area is 139 Å². The molecular weight excluding hydrogens is 282 g/mol. The van der Waals surface area contributed by atoms with Gasteiger partial charge in [0.1, 0.15) is 0 Å². The van der Waals surface area contributed by atoms with Gasteiger partial charge < -0.3 is 4.74 Å². The molecule has 2 nitrogen and oxygen atoms in total. The molecule has 1 aliphatic rings. The molecule has 0 radical (unpaired) electrons. The fourth-order valence-corrected chi connectivity index (χ4v) is 3.20. The van der Waals surface area contributed by atoms with Gasteiger partial charge in [-0.05, 0) is 61.3 Å². The lowest BCUT2D eigenvalue weighted by molar-refractivity contribution is 0.106. The molecular formula is C21H25NO. The summed E-state index contributed by atoms with van der Waals surface area (Å²) in [6.45, 7) is 3.72. The van der Waals surface area contributed by atoms with Crippen molar-refractivity contribution in [3.8, 4) is 0 Å². The first-order valence-electron chi connectivity index (χ1n) is 8.55. The Balaban J connectivity index is 1.43. The van der Waals surface area contributed by atoms with Crippen molar-refractivity contribution in [2.75, 3.05) is 6.61 Å². The minimum absolute atomic E-state index is 0.724. The van der Waals surface area contributed by atoms with Crippen LogP contribution in [-0.4, -0.2) is 11.6 Å². The van der Waals surface area contributed by atoms with Crippen molar-refractivity contribution in [3.05, 3.63) is 71.6 Å². The highest BCUT2D eigenvalue weighted by Crippen LogP contribution is 2.32. The van der Waals surface area contributed by atoms with E-state index >= 15 is 0 Å². The van der Waals surface area contributed by atoms with Crippen molar-refractivity contribution in [1.29, 1.82) is 0 Å². The Hall–Kier alpha value is -1.93. The maximum absolute atomic E-state index is 5.82. The second-order valence-corrected chi connectivity index (χ2v) is 6.37. The smallest absolute Gasteiger partial charge is 0.0716 e. The highest BCUT2D eigenvalue weighted by atomic mass is 16.5. The lowest BCUT2D eigenvalue weighted by Crippen LogP contribution is -2.10. The van der Waals surface area contributed by atoms with Gasteiger partial charge in [0.05, 0.1) is 12.3 Å². The Morgan fingerprint density at radius 2 is 2.00 bits per heavy atom. The molecule has 0 saturated carbocycles. The molecule has 1 heterocycles. The van der Waals surface area contributed by atoms with E-state index in [1.807, 2.05) is 18.3 Å². The van der Waals surface area contributed by atoms with Crippen molar-refractivity contribution in [1.82, 2.24) is 4.98 Å². The zero-order chi connectivity index (χ0) is 15.9. The van der Waals surface area contributed by atoms with Crippen LogP contribution in [0.1, 0.15) is 42.5 Å². The molecule has 23 heavy (non-hydrogen) atoms. The quantitative estimate of drug-likeness (QED) is 0.686. The third kappa shape index (κ3) is 4.52.